The summed E-state index contributed by atoms with van der Waals surface area (Å²) < 4.78 is 6.91. The Bertz CT molecular complexity index is 1140. The Morgan fingerprint density at radius 3 is 2.67 bits per heavy atom. The molecule has 0 unspecified atom stereocenters. The number of aromatic nitrogens is 2. The van der Waals surface area contributed by atoms with E-state index in [9.17, 15) is 19.7 Å². The summed E-state index contributed by atoms with van der Waals surface area (Å²) in [6.45, 7) is 3.36. The maximum atomic E-state index is 12.4. The van der Waals surface area contributed by atoms with Crippen LogP contribution < -0.4 is 10.1 Å². The zero-order valence-electron chi connectivity index (χ0n) is 16.2. The van der Waals surface area contributed by atoms with Gasteiger partial charge in [0, 0.05) is 18.3 Å². The summed E-state index contributed by atoms with van der Waals surface area (Å²) in [6, 6.07) is 10.9. The van der Waals surface area contributed by atoms with Gasteiger partial charge >= 0.3 is 5.97 Å². The van der Waals surface area contributed by atoms with Crippen molar-refractivity contribution < 1.29 is 24.4 Å². The van der Waals surface area contributed by atoms with Crippen LogP contribution in [0, 0.1) is 24.0 Å². The van der Waals surface area contributed by atoms with E-state index in [2.05, 4.69) is 10.4 Å². The van der Waals surface area contributed by atoms with Crippen LogP contribution in [0.3, 0.4) is 0 Å². The molecule has 3 rings (SSSR count). The lowest BCUT2D eigenvalue weighted by atomic mass is 10.1. The number of ether oxygens (including phenoxy) is 1. The highest BCUT2D eigenvalue weighted by molar-refractivity contribution is 6.03. The number of carbonyl (C=O) groups is 2. The lowest BCUT2D eigenvalue weighted by molar-refractivity contribution is -0.384. The summed E-state index contributed by atoms with van der Waals surface area (Å²) in [5.74, 6) is -1.01. The topological polar surface area (TPSA) is 137 Å². The lowest BCUT2D eigenvalue weighted by Crippen LogP contribution is -2.15. The Balaban J connectivity index is 1.86. The number of carboxylic acid groups (broad SMARTS) is 1. The molecule has 0 fully saturated rings. The minimum Gasteiger partial charge on any atom is -0.480 e. The molecule has 0 spiro atoms. The van der Waals surface area contributed by atoms with Crippen LogP contribution in [0.1, 0.15) is 21.6 Å². The minimum absolute atomic E-state index is 0.0280. The van der Waals surface area contributed by atoms with E-state index in [0.717, 1.165) is 15.8 Å². The normalized spacial score (nSPS) is 10.5. The first-order valence-electron chi connectivity index (χ1n) is 8.82. The third kappa shape index (κ3) is 4.98. The molecule has 30 heavy (non-hydrogen) atoms. The zero-order valence-corrected chi connectivity index (χ0v) is 16.2. The van der Waals surface area contributed by atoms with Crippen LogP contribution in [-0.2, 0) is 11.3 Å². The molecule has 0 aliphatic carbocycles. The molecule has 0 aliphatic heterocycles. The number of benzene rings is 2. The van der Waals surface area contributed by atoms with Crippen molar-refractivity contribution in [1.29, 1.82) is 0 Å². The van der Waals surface area contributed by atoms with Crippen molar-refractivity contribution >= 4 is 23.3 Å². The van der Waals surface area contributed by atoms with Crippen LogP contribution in [0.4, 0.5) is 11.4 Å². The van der Waals surface area contributed by atoms with E-state index < -0.39 is 23.3 Å². The van der Waals surface area contributed by atoms with Gasteiger partial charge in [-0.05, 0) is 37.1 Å². The van der Waals surface area contributed by atoms with Gasteiger partial charge in [-0.15, -0.1) is 0 Å². The van der Waals surface area contributed by atoms with Gasteiger partial charge in [-0.2, -0.15) is 5.10 Å². The number of hydrogen-bond acceptors (Lipinski definition) is 6. The van der Waals surface area contributed by atoms with Crippen molar-refractivity contribution in [1.82, 2.24) is 9.78 Å². The zero-order chi connectivity index (χ0) is 21.8. The van der Waals surface area contributed by atoms with Gasteiger partial charge in [0.2, 0.25) is 0 Å². The lowest BCUT2D eigenvalue weighted by Gasteiger charge is -2.11. The van der Waals surface area contributed by atoms with E-state index in [0.29, 0.717) is 5.75 Å². The molecule has 0 bridgehead atoms. The van der Waals surface area contributed by atoms with Crippen molar-refractivity contribution in [3.8, 4) is 11.5 Å². The molecule has 0 saturated heterocycles. The van der Waals surface area contributed by atoms with Crippen molar-refractivity contribution in [2.24, 2.45) is 0 Å². The van der Waals surface area contributed by atoms with Gasteiger partial charge in [-0.3, -0.25) is 24.4 Å². The number of amides is 1. The average Bonchev–Trinajstić information content (AvgIpc) is 3.12. The minimum atomic E-state index is -1.10. The number of nitrogens with one attached hydrogen (secondary N) is 1. The summed E-state index contributed by atoms with van der Waals surface area (Å²) in [6.07, 6.45) is 1.35. The van der Waals surface area contributed by atoms with E-state index in [1.54, 1.807) is 0 Å². The van der Waals surface area contributed by atoms with Gasteiger partial charge in [-0.1, -0.05) is 12.1 Å². The van der Waals surface area contributed by atoms with E-state index in [1.165, 1.54) is 30.5 Å². The first-order chi connectivity index (χ1) is 14.2. The number of carboxylic acids is 1. The van der Waals surface area contributed by atoms with E-state index >= 15 is 0 Å². The predicted octanol–water partition coefficient (Wildman–Crippen LogP) is 3.54. The predicted molar refractivity (Wildman–Crippen MR) is 107 cm³/mol. The molecule has 154 valence electrons. The maximum absolute atomic E-state index is 12.4. The van der Waals surface area contributed by atoms with Crippen LogP contribution in [-0.4, -0.2) is 31.7 Å². The van der Waals surface area contributed by atoms with Crippen LogP contribution in [0.25, 0.3) is 0 Å². The number of hydrogen-bond donors (Lipinski definition) is 2. The molecule has 1 amide bonds. The second-order valence-electron chi connectivity index (χ2n) is 6.59. The third-order valence-corrected chi connectivity index (χ3v) is 4.10. The highest BCUT2D eigenvalue weighted by Gasteiger charge is 2.16. The quantitative estimate of drug-likeness (QED) is 0.449. The molecule has 0 aliphatic rings. The number of rotatable bonds is 7. The molecule has 1 aromatic heterocycles. The Hall–Kier alpha value is -4.21. The Labute approximate surface area is 170 Å². The first-order valence-corrected chi connectivity index (χ1v) is 8.82. The number of aliphatic carboxylic acids is 1. The first kappa shape index (κ1) is 20.5. The van der Waals surface area contributed by atoms with Gasteiger partial charge in [-0.25, -0.2) is 0 Å². The summed E-state index contributed by atoms with van der Waals surface area (Å²) >= 11 is 0. The molecule has 0 atom stereocenters. The molecule has 10 heteroatoms. The molecule has 0 saturated carbocycles. The fourth-order valence-electron chi connectivity index (χ4n) is 2.67. The molecule has 2 aromatic carbocycles. The smallest absolute Gasteiger partial charge is 0.325 e. The van der Waals surface area contributed by atoms with Gasteiger partial charge in [0.1, 0.15) is 18.0 Å². The molecular weight excluding hydrogens is 392 g/mol. The summed E-state index contributed by atoms with van der Waals surface area (Å²) in [4.78, 5) is 33.9. The second-order valence-corrected chi connectivity index (χ2v) is 6.59. The second kappa shape index (κ2) is 8.43. The van der Waals surface area contributed by atoms with Crippen LogP contribution >= 0.6 is 0 Å². The van der Waals surface area contributed by atoms with E-state index in [4.69, 9.17) is 9.84 Å². The highest BCUT2D eigenvalue weighted by Crippen LogP contribution is 2.31. The van der Waals surface area contributed by atoms with Gasteiger partial charge in [0.25, 0.3) is 11.6 Å². The SMILES string of the molecule is Cc1ccc(C)c(Oc2cc(NC(=O)c3ccn(CC(=O)O)n3)cc([N+](=O)[O-])c2)c1. The van der Waals surface area contributed by atoms with Crippen LogP contribution in [0.2, 0.25) is 0 Å². The Kier molecular flexibility index (Phi) is 5.77. The number of nitro benzene ring substituents is 1. The fraction of sp³-hybridized carbons (Fsp3) is 0.150. The molecular formula is C20H18N4O6. The van der Waals surface area contributed by atoms with Gasteiger partial charge < -0.3 is 15.2 Å². The highest BCUT2D eigenvalue weighted by atomic mass is 16.6. The monoisotopic (exact) mass is 410 g/mol. The Morgan fingerprint density at radius 1 is 1.20 bits per heavy atom. The number of nitro groups is 1. The van der Waals surface area contributed by atoms with Crippen LogP contribution in [0.15, 0.2) is 48.7 Å². The summed E-state index contributed by atoms with van der Waals surface area (Å²) in [5.41, 5.74) is 1.67. The van der Waals surface area contributed by atoms with Crippen molar-refractivity contribution in [3.63, 3.8) is 0 Å². The summed E-state index contributed by atoms with van der Waals surface area (Å²) in [7, 11) is 0. The third-order valence-electron chi connectivity index (χ3n) is 4.10. The Morgan fingerprint density at radius 2 is 1.97 bits per heavy atom. The molecule has 10 nitrogen and oxygen atoms in total. The molecule has 0 radical (unpaired) electrons. The maximum Gasteiger partial charge on any atom is 0.325 e. The number of carbonyl (C=O) groups excluding carboxylic acids is 1. The van der Waals surface area contributed by atoms with E-state index in [1.807, 2.05) is 32.0 Å². The van der Waals surface area contributed by atoms with Crippen molar-refractivity contribution in [2.75, 3.05) is 5.32 Å². The van der Waals surface area contributed by atoms with Gasteiger partial charge in [0.15, 0.2) is 5.69 Å². The van der Waals surface area contributed by atoms with Crippen LogP contribution in [0.5, 0.6) is 11.5 Å². The average molecular weight is 410 g/mol. The number of anilines is 1. The number of aryl methyl sites for hydroxylation is 2. The molecule has 3 aromatic rings. The largest absolute Gasteiger partial charge is 0.480 e. The fourth-order valence-corrected chi connectivity index (χ4v) is 2.67. The summed E-state index contributed by atoms with van der Waals surface area (Å²) in [5, 5.41) is 26.5. The molecule has 2 N–H and O–H groups in total. The van der Waals surface area contributed by atoms with Crippen molar-refractivity contribution in [3.05, 3.63) is 75.6 Å². The van der Waals surface area contributed by atoms with E-state index in [-0.39, 0.29) is 22.8 Å². The number of non-ortho nitro benzene ring substituents is 1. The van der Waals surface area contributed by atoms with Crippen molar-refractivity contribution in [2.45, 2.75) is 20.4 Å². The standard InChI is InChI=1S/C20H18N4O6/c1-12-3-4-13(2)18(7-12)30-16-9-14(8-15(10-16)24(28)29)21-20(27)17-5-6-23(22-17)11-19(25)26/h3-10H,11H2,1-2H3,(H,21,27)(H,25,26). The molecule has 1 heterocycles. The number of nitrogens with zero attached hydrogens (tertiary/aromatic N) is 3. The van der Waals surface area contributed by atoms with Gasteiger partial charge in [0.05, 0.1) is 16.7 Å².